The summed E-state index contributed by atoms with van der Waals surface area (Å²) in [6, 6.07) is 0. The summed E-state index contributed by atoms with van der Waals surface area (Å²) >= 11 is 0. The lowest BCUT2D eigenvalue weighted by molar-refractivity contribution is -0.00664. The lowest BCUT2D eigenvalue weighted by Gasteiger charge is -2.17. The molecule has 0 aromatic carbocycles. The van der Waals surface area contributed by atoms with Crippen LogP contribution < -0.4 is 0 Å². The first-order valence-electron chi connectivity index (χ1n) is 5.50. The highest BCUT2D eigenvalue weighted by Gasteiger charge is 2.23. The second-order valence-corrected chi connectivity index (χ2v) is 4.44. The second kappa shape index (κ2) is 5.61. The van der Waals surface area contributed by atoms with Gasteiger partial charge in [-0.2, -0.15) is 0 Å². The average Bonchev–Trinajstić information content (AvgIpc) is 2.55. The maximum absolute atomic E-state index is 9.74. The van der Waals surface area contributed by atoms with Crippen molar-refractivity contribution in [2.75, 3.05) is 6.61 Å². The van der Waals surface area contributed by atoms with Gasteiger partial charge >= 0.3 is 0 Å². The SMILES string of the molecule is CC(C)CCCC(O)C1CCCO1. The van der Waals surface area contributed by atoms with Crippen LogP contribution in [0.1, 0.15) is 46.0 Å². The Labute approximate surface area is 81.3 Å². The Bertz CT molecular complexity index is 128. The first-order chi connectivity index (χ1) is 6.20. The number of aliphatic hydroxyl groups is 1. The van der Waals surface area contributed by atoms with E-state index in [-0.39, 0.29) is 12.2 Å². The molecule has 1 saturated heterocycles. The average molecular weight is 186 g/mol. The van der Waals surface area contributed by atoms with Crippen molar-refractivity contribution >= 4 is 0 Å². The maximum Gasteiger partial charge on any atom is 0.0834 e. The molecule has 1 aliphatic rings. The maximum atomic E-state index is 9.74. The van der Waals surface area contributed by atoms with Crippen LogP contribution in [0.4, 0.5) is 0 Å². The number of hydrogen-bond donors (Lipinski definition) is 1. The molecule has 0 spiro atoms. The van der Waals surface area contributed by atoms with Gasteiger partial charge in [0.05, 0.1) is 12.2 Å². The van der Waals surface area contributed by atoms with Crippen LogP contribution in [0.5, 0.6) is 0 Å². The van der Waals surface area contributed by atoms with Crippen molar-refractivity contribution in [1.82, 2.24) is 0 Å². The third-order valence-corrected chi connectivity index (χ3v) is 2.68. The van der Waals surface area contributed by atoms with Crippen molar-refractivity contribution in [2.45, 2.75) is 58.2 Å². The molecule has 0 aromatic heterocycles. The number of aliphatic hydroxyl groups excluding tert-OH is 1. The monoisotopic (exact) mass is 186 g/mol. The highest BCUT2D eigenvalue weighted by Crippen LogP contribution is 2.19. The van der Waals surface area contributed by atoms with Gasteiger partial charge in [0.1, 0.15) is 0 Å². The Morgan fingerprint density at radius 1 is 1.38 bits per heavy atom. The molecule has 2 heteroatoms. The van der Waals surface area contributed by atoms with Gasteiger partial charge in [-0.3, -0.25) is 0 Å². The molecule has 0 aromatic rings. The Balaban J connectivity index is 2.06. The predicted octanol–water partition coefficient (Wildman–Crippen LogP) is 2.35. The van der Waals surface area contributed by atoms with E-state index in [0.717, 1.165) is 38.2 Å². The van der Waals surface area contributed by atoms with Crippen molar-refractivity contribution in [3.63, 3.8) is 0 Å². The van der Waals surface area contributed by atoms with Crippen molar-refractivity contribution < 1.29 is 9.84 Å². The fourth-order valence-corrected chi connectivity index (χ4v) is 1.83. The minimum Gasteiger partial charge on any atom is -0.390 e. The third-order valence-electron chi connectivity index (χ3n) is 2.68. The molecule has 0 bridgehead atoms. The molecule has 1 heterocycles. The van der Waals surface area contributed by atoms with E-state index in [9.17, 15) is 5.11 Å². The van der Waals surface area contributed by atoms with Crippen molar-refractivity contribution in [1.29, 1.82) is 0 Å². The molecular weight excluding hydrogens is 164 g/mol. The smallest absolute Gasteiger partial charge is 0.0834 e. The Morgan fingerprint density at radius 2 is 2.15 bits per heavy atom. The zero-order valence-electron chi connectivity index (χ0n) is 8.83. The number of rotatable bonds is 5. The summed E-state index contributed by atoms with van der Waals surface area (Å²) in [7, 11) is 0. The van der Waals surface area contributed by atoms with Crippen molar-refractivity contribution in [2.24, 2.45) is 5.92 Å². The molecule has 2 unspecified atom stereocenters. The van der Waals surface area contributed by atoms with E-state index in [4.69, 9.17) is 4.74 Å². The van der Waals surface area contributed by atoms with Gasteiger partial charge in [0.25, 0.3) is 0 Å². The van der Waals surface area contributed by atoms with Crippen LogP contribution in [0.2, 0.25) is 0 Å². The van der Waals surface area contributed by atoms with Gasteiger partial charge in [0, 0.05) is 6.61 Å². The fourth-order valence-electron chi connectivity index (χ4n) is 1.83. The van der Waals surface area contributed by atoms with Gasteiger partial charge in [-0.25, -0.2) is 0 Å². The molecule has 1 fully saturated rings. The summed E-state index contributed by atoms with van der Waals surface area (Å²) in [6.07, 6.45) is 5.31. The molecule has 0 radical (unpaired) electrons. The molecule has 1 rings (SSSR count). The van der Waals surface area contributed by atoms with Crippen LogP contribution in [-0.2, 0) is 4.74 Å². The molecule has 2 nitrogen and oxygen atoms in total. The van der Waals surface area contributed by atoms with Crippen LogP contribution >= 0.6 is 0 Å². The van der Waals surface area contributed by atoms with Gasteiger partial charge in [-0.05, 0) is 25.2 Å². The minimum absolute atomic E-state index is 0.132. The first kappa shape index (κ1) is 11.0. The van der Waals surface area contributed by atoms with Crippen LogP contribution in [0.15, 0.2) is 0 Å². The predicted molar refractivity (Wildman–Crippen MR) is 53.7 cm³/mol. The van der Waals surface area contributed by atoms with E-state index in [1.165, 1.54) is 6.42 Å². The van der Waals surface area contributed by atoms with E-state index >= 15 is 0 Å². The lowest BCUT2D eigenvalue weighted by Crippen LogP contribution is -2.24. The minimum atomic E-state index is -0.221. The first-order valence-corrected chi connectivity index (χ1v) is 5.50. The van der Waals surface area contributed by atoms with Crippen LogP contribution in [0, 0.1) is 5.92 Å². The molecule has 0 aliphatic carbocycles. The largest absolute Gasteiger partial charge is 0.390 e. The molecule has 1 aliphatic heterocycles. The normalized spacial score (nSPS) is 25.4. The van der Waals surface area contributed by atoms with E-state index in [1.807, 2.05) is 0 Å². The zero-order valence-corrected chi connectivity index (χ0v) is 8.83. The van der Waals surface area contributed by atoms with Gasteiger partial charge < -0.3 is 9.84 Å². The summed E-state index contributed by atoms with van der Waals surface area (Å²) in [4.78, 5) is 0. The van der Waals surface area contributed by atoms with E-state index < -0.39 is 0 Å². The van der Waals surface area contributed by atoms with E-state index in [1.54, 1.807) is 0 Å². The Morgan fingerprint density at radius 3 is 2.69 bits per heavy atom. The van der Waals surface area contributed by atoms with Gasteiger partial charge in [-0.1, -0.05) is 26.7 Å². The number of hydrogen-bond acceptors (Lipinski definition) is 2. The molecule has 0 amide bonds. The van der Waals surface area contributed by atoms with Crippen molar-refractivity contribution in [3.8, 4) is 0 Å². The van der Waals surface area contributed by atoms with E-state index in [0.29, 0.717) is 0 Å². The van der Waals surface area contributed by atoms with Crippen LogP contribution in [0.25, 0.3) is 0 Å². The third kappa shape index (κ3) is 4.10. The van der Waals surface area contributed by atoms with Crippen LogP contribution in [0.3, 0.4) is 0 Å². The Hall–Kier alpha value is -0.0800. The Kier molecular flexibility index (Phi) is 4.74. The van der Waals surface area contributed by atoms with Gasteiger partial charge in [0.2, 0.25) is 0 Å². The lowest BCUT2D eigenvalue weighted by atomic mass is 10.0. The summed E-state index contributed by atoms with van der Waals surface area (Å²) in [6.45, 7) is 5.28. The molecule has 13 heavy (non-hydrogen) atoms. The molecule has 78 valence electrons. The highest BCUT2D eigenvalue weighted by molar-refractivity contribution is 4.73. The second-order valence-electron chi connectivity index (χ2n) is 4.44. The highest BCUT2D eigenvalue weighted by atomic mass is 16.5. The van der Waals surface area contributed by atoms with Crippen LogP contribution in [-0.4, -0.2) is 23.9 Å². The molecular formula is C11H22O2. The standard InChI is InChI=1S/C11H22O2/c1-9(2)5-3-6-10(12)11-7-4-8-13-11/h9-12H,3-8H2,1-2H3. The fraction of sp³-hybridized carbons (Fsp3) is 1.00. The zero-order chi connectivity index (χ0) is 9.68. The molecule has 1 N–H and O–H groups in total. The topological polar surface area (TPSA) is 29.5 Å². The van der Waals surface area contributed by atoms with Gasteiger partial charge in [-0.15, -0.1) is 0 Å². The quantitative estimate of drug-likeness (QED) is 0.714. The summed E-state index contributed by atoms with van der Waals surface area (Å²) in [5.41, 5.74) is 0. The summed E-state index contributed by atoms with van der Waals surface area (Å²) < 4.78 is 5.42. The van der Waals surface area contributed by atoms with Gasteiger partial charge in [0.15, 0.2) is 0 Å². The molecule has 2 atom stereocenters. The number of ether oxygens (including phenoxy) is 1. The molecule has 0 saturated carbocycles. The summed E-state index contributed by atoms with van der Waals surface area (Å²) in [5, 5.41) is 9.74. The summed E-state index contributed by atoms with van der Waals surface area (Å²) in [5.74, 6) is 0.747. The van der Waals surface area contributed by atoms with Crippen molar-refractivity contribution in [3.05, 3.63) is 0 Å². The van der Waals surface area contributed by atoms with E-state index in [2.05, 4.69) is 13.8 Å².